The molecule has 0 aliphatic heterocycles. The quantitative estimate of drug-likeness (QED) is 0.538. The maximum atomic E-state index is 10.4. The molecule has 0 saturated carbocycles. The summed E-state index contributed by atoms with van der Waals surface area (Å²) in [7, 11) is 0. The number of carbonyl (C=O) groups is 1. The Kier molecular flexibility index (Phi) is 4.71. The summed E-state index contributed by atoms with van der Waals surface area (Å²) in [6.45, 7) is 3.59. The van der Waals surface area contributed by atoms with Crippen molar-refractivity contribution in [1.29, 1.82) is 0 Å². The molecule has 1 aromatic heterocycles. The first kappa shape index (κ1) is 15.3. The molecular formula is C19H21N3O. The fraction of sp³-hybridized carbons (Fsp3) is 0.263. The van der Waals surface area contributed by atoms with Gasteiger partial charge in [0.05, 0.1) is 11.0 Å². The molecule has 0 radical (unpaired) electrons. The van der Waals surface area contributed by atoms with Gasteiger partial charge in [0.2, 0.25) is 6.41 Å². The maximum Gasteiger partial charge on any atom is 0.207 e. The third-order valence-electron chi connectivity index (χ3n) is 4.00. The summed E-state index contributed by atoms with van der Waals surface area (Å²) in [5.74, 6) is 1.07. The second-order valence-electron chi connectivity index (χ2n) is 5.76. The smallest absolute Gasteiger partial charge is 0.207 e. The molecule has 0 aliphatic carbocycles. The normalized spacial score (nSPS) is 10.8. The van der Waals surface area contributed by atoms with Gasteiger partial charge in [-0.25, -0.2) is 4.98 Å². The predicted octanol–water partition coefficient (Wildman–Crippen LogP) is 3.07. The number of amides is 1. The van der Waals surface area contributed by atoms with Crippen molar-refractivity contribution >= 4 is 17.4 Å². The highest BCUT2D eigenvalue weighted by molar-refractivity contribution is 5.76. The Bertz CT molecular complexity index is 790. The molecule has 0 atom stereocenters. The summed E-state index contributed by atoms with van der Waals surface area (Å²) in [5, 5.41) is 2.71. The molecule has 0 saturated heterocycles. The Labute approximate surface area is 136 Å². The number of aromatic nitrogens is 2. The Morgan fingerprint density at radius 1 is 1.13 bits per heavy atom. The third-order valence-corrected chi connectivity index (χ3v) is 4.00. The summed E-state index contributed by atoms with van der Waals surface area (Å²) in [6, 6.07) is 16.8. The highest BCUT2D eigenvalue weighted by atomic mass is 16.1. The number of nitrogens with one attached hydrogen (secondary N) is 1. The zero-order chi connectivity index (χ0) is 16.1. The van der Waals surface area contributed by atoms with Crippen LogP contribution in [0, 0.1) is 6.92 Å². The van der Waals surface area contributed by atoms with Crippen molar-refractivity contribution in [2.24, 2.45) is 0 Å². The number of fused-ring (bicyclic) bond motifs is 1. The van der Waals surface area contributed by atoms with Gasteiger partial charge in [0.25, 0.3) is 0 Å². The zero-order valence-corrected chi connectivity index (χ0v) is 13.3. The van der Waals surface area contributed by atoms with E-state index in [9.17, 15) is 4.79 Å². The molecule has 0 bridgehead atoms. The fourth-order valence-corrected chi connectivity index (χ4v) is 2.78. The molecule has 0 aliphatic rings. The SMILES string of the molecule is Cc1ccc(Cn2c(CCCNC=O)nc3ccccc32)cc1. The van der Waals surface area contributed by atoms with Crippen molar-refractivity contribution in [2.45, 2.75) is 26.3 Å². The summed E-state index contributed by atoms with van der Waals surface area (Å²) >= 11 is 0. The minimum Gasteiger partial charge on any atom is -0.359 e. The number of aryl methyl sites for hydroxylation is 2. The number of imidazole rings is 1. The highest BCUT2D eigenvalue weighted by Gasteiger charge is 2.10. The van der Waals surface area contributed by atoms with Crippen molar-refractivity contribution in [3.05, 3.63) is 65.5 Å². The van der Waals surface area contributed by atoms with E-state index in [1.807, 2.05) is 18.2 Å². The molecule has 3 aromatic rings. The van der Waals surface area contributed by atoms with Gasteiger partial charge in [-0.3, -0.25) is 4.79 Å². The van der Waals surface area contributed by atoms with Gasteiger partial charge in [-0.15, -0.1) is 0 Å². The van der Waals surface area contributed by atoms with Crippen LogP contribution in [0.3, 0.4) is 0 Å². The van der Waals surface area contributed by atoms with Crippen LogP contribution >= 0.6 is 0 Å². The first-order valence-electron chi connectivity index (χ1n) is 7.94. The predicted molar refractivity (Wildman–Crippen MR) is 92.4 cm³/mol. The number of rotatable bonds is 7. The molecule has 1 amide bonds. The molecule has 4 heteroatoms. The lowest BCUT2D eigenvalue weighted by molar-refractivity contribution is -0.109. The van der Waals surface area contributed by atoms with Crippen LogP contribution in [0.4, 0.5) is 0 Å². The largest absolute Gasteiger partial charge is 0.359 e. The molecule has 118 valence electrons. The molecule has 2 aromatic carbocycles. The van der Waals surface area contributed by atoms with Crippen LogP contribution < -0.4 is 5.32 Å². The van der Waals surface area contributed by atoms with E-state index < -0.39 is 0 Å². The molecule has 4 nitrogen and oxygen atoms in total. The van der Waals surface area contributed by atoms with E-state index in [1.165, 1.54) is 11.1 Å². The van der Waals surface area contributed by atoms with E-state index in [0.29, 0.717) is 6.54 Å². The minimum atomic E-state index is 0.678. The molecule has 1 heterocycles. The maximum absolute atomic E-state index is 10.4. The van der Waals surface area contributed by atoms with Crippen LogP contribution in [-0.2, 0) is 17.8 Å². The van der Waals surface area contributed by atoms with Gasteiger partial charge < -0.3 is 9.88 Å². The van der Waals surface area contributed by atoms with E-state index in [0.717, 1.165) is 42.7 Å². The number of hydrogen-bond acceptors (Lipinski definition) is 2. The van der Waals surface area contributed by atoms with Crippen molar-refractivity contribution in [3.63, 3.8) is 0 Å². The topological polar surface area (TPSA) is 46.9 Å². The van der Waals surface area contributed by atoms with E-state index in [1.54, 1.807) is 0 Å². The highest BCUT2D eigenvalue weighted by Crippen LogP contribution is 2.19. The number of benzene rings is 2. The second kappa shape index (κ2) is 7.09. The molecule has 3 rings (SSSR count). The van der Waals surface area contributed by atoms with E-state index in [2.05, 4.69) is 47.1 Å². The first-order valence-corrected chi connectivity index (χ1v) is 7.94. The standard InChI is InChI=1S/C19H21N3O/c1-15-8-10-16(11-9-15)13-22-18-6-3-2-5-17(18)21-19(22)7-4-12-20-14-23/h2-3,5-6,8-11,14H,4,7,12-13H2,1H3,(H,20,23). The average Bonchev–Trinajstić information content (AvgIpc) is 2.92. The van der Waals surface area contributed by atoms with Crippen LogP contribution in [0.25, 0.3) is 11.0 Å². The zero-order valence-electron chi connectivity index (χ0n) is 13.3. The van der Waals surface area contributed by atoms with Gasteiger partial charge in [0.1, 0.15) is 5.82 Å². The minimum absolute atomic E-state index is 0.678. The van der Waals surface area contributed by atoms with Crippen LogP contribution in [0.1, 0.15) is 23.4 Å². The van der Waals surface area contributed by atoms with Crippen molar-refractivity contribution in [3.8, 4) is 0 Å². The number of carbonyl (C=O) groups excluding carboxylic acids is 1. The number of hydrogen-bond donors (Lipinski definition) is 1. The van der Waals surface area contributed by atoms with Crippen LogP contribution in [0.5, 0.6) is 0 Å². The van der Waals surface area contributed by atoms with E-state index in [-0.39, 0.29) is 0 Å². The van der Waals surface area contributed by atoms with Crippen molar-refractivity contribution < 1.29 is 4.79 Å². The van der Waals surface area contributed by atoms with Gasteiger partial charge in [-0.1, -0.05) is 42.0 Å². The Morgan fingerprint density at radius 2 is 1.91 bits per heavy atom. The van der Waals surface area contributed by atoms with E-state index in [4.69, 9.17) is 4.98 Å². The molecule has 1 N–H and O–H groups in total. The summed E-state index contributed by atoms with van der Waals surface area (Å²) in [4.78, 5) is 15.1. The van der Waals surface area contributed by atoms with Crippen LogP contribution in [-0.4, -0.2) is 22.5 Å². The Balaban J connectivity index is 1.88. The van der Waals surface area contributed by atoms with Crippen LogP contribution in [0.15, 0.2) is 48.5 Å². The lowest BCUT2D eigenvalue weighted by Crippen LogP contribution is -2.14. The lowest BCUT2D eigenvalue weighted by atomic mass is 10.1. The number of para-hydroxylation sites is 2. The van der Waals surface area contributed by atoms with E-state index >= 15 is 0 Å². The van der Waals surface area contributed by atoms with Gasteiger partial charge in [0, 0.05) is 19.5 Å². The number of nitrogens with zero attached hydrogens (tertiary/aromatic N) is 2. The summed E-state index contributed by atoms with van der Waals surface area (Å²) in [6.07, 6.45) is 2.48. The van der Waals surface area contributed by atoms with Gasteiger partial charge in [-0.05, 0) is 31.0 Å². The second-order valence-corrected chi connectivity index (χ2v) is 5.76. The molecule has 0 spiro atoms. The molecule has 23 heavy (non-hydrogen) atoms. The van der Waals surface area contributed by atoms with Crippen LogP contribution in [0.2, 0.25) is 0 Å². The first-order chi connectivity index (χ1) is 11.3. The average molecular weight is 307 g/mol. The van der Waals surface area contributed by atoms with Gasteiger partial charge in [-0.2, -0.15) is 0 Å². The van der Waals surface area contributed by atoms with Gasteiger partial charge >= 0.3 is 0 Å². The van der Waals surface area contributed by atoms with Crippen molar-refractivity contribution in [2.75, 3.05) is 6.54 Å². The lowest BCUT2D eigenvalue weighted by Gasteiger charge is -2.10. The monoisotopic (exact) mass is 307 g/mol. The summed E-state index contributed by atoms with van der Waals surface area (Å²) < 4.78 is 2.28. The Hall–Kier alpha value is -2.62. The van der Waals surface area contributed by atoms with Crippen molar-refractivity contribution in [1.82, 2.24) is 14.9 Å². The fourth-order valence-electron chi connectivity index (χ4n) is 2.78. The Morgan fingerprint density at radius 3 is 2.70 bits per heavy atom. The summed E-state index contributed by atoms with van der Waals surface area (Å²) in [5.41, 5.74) is 4.72. The molecular weight excluding hydrogens is 286 g/mol. The third kappa shape index (κ3) is 3.59. The van der Waals surface area contributed by atoms with Gasteiger partial charge in [0.15, 0.2) is 0 Å². The molecule has 0 fully saturated rings. The molecule has 0 unspecified atom stereocenters.